The van der Waals surface area contributed by atoms with E-state index in [1.807, 2.05) is 31.2 Å². The number of aryl methyl sites for hydroxylation is 1. The lowest BCUT2D eigenvalue weighted by molar-refractivity contribution is -0.165. The van der Waals surface area contributed by atoms with Crippen molar-refractivity contribution >= 4 is 35.3 Å². The number of carbonyl (C=O) groups is 3. The molecule has 1 saturated heterocycles. The second-order valence-electron chi connectivity index (χ2n) is 8.34. The highest BCUT2D eigenvalue weighted by Gasteiger charge is 2.22. The molecule has 10 nitrogen and oxygen atoms in total. The van der Waals surface area contributed by atoms with Crippen LogP contribution in [0.2, 0.25) is 0 Å². The maximum Gasteiger partial charge on any atom is 0.402 e. The van der Waals surface area contributed by atoms with Gasteiger partial charge in [-0.05, 0) is 51.2 Å². The number of hydrogen-bond donors (Lipinski definition) is 1. The molecule has 0 aromatic heterocycles. The van der Waals surface area contributed by atoms with Crippen molar-refractivity contribution in [3.8, 4) is 5.75 Å². The van der Waals surface area contributed by atoms with Crippen LogP contribution in [-0.2, 0) is 32.7 Å². The van der Waals surface area contributed by atoms with Crippen LogP contribution >= 0.6 is 17.6 Å². The summed E-state index contributed by atoms with van der Waals surface area (Å²) >= 11 is 0. The Morgan fingerprint density at radius 3 is 2.61 bits per heavy atom. The van der Waals surface area contributed by atoms with Crippen LogP contribution in [0.3, 0.4) is 0 Å². The molecule has 36 heavy (non-hydrogen) atoms. The fourth-order valence-electron chi connectivity index (χ4n) is 3.45. The number of rotatable bonds is 16. The van der Waals surface area contributed by atoms with Crippen LogP contribution in [0.15, 0.2) is 36.4 Å². The summed E-state index contributed by atoms with van der Waals surface area (Å²) in [5.74, 6) is -0.0935. The highest BCUT2D eigenvalue weighted by Crippen LogP contribution is 2.45. The van der Waals surface area contributed by atoms with E-state index >= 15 is 0 Å². The molecule has 12 heteroatoms. The van der Waals surface area contributed by atoms with E-state index in [0.717, 1.165) is 31.2 Å². The van der Waals surface area contributed by atoms with Gasteiger partial charge in [0.25, 0.3) is 11.8 Å². The van der Waals surface area contributed by atoms with E-state index in [-0.39, 0.29) is 39.6 Å². The number of hydrogen-bond acceptors (Lipinski definition) is 8. The minimum absolute atomic E-state index is 0.147. The number of ether oxygens (including phenoxy) is 2. The lowest BCUT2D eigenvalue weighted by Gasteiger charge is -2.23. The lowest BCUT2D eigenvalue weighted by Crippen LogP contribution is -2.30. The van der Waals surface area contributed by atoms with Crippen LogP contribution in [0.25, 0.3) is 0 Å². The summed E-state index contributed by atoms with van der Waals surface area (Å²) in [7, 11) is -2.06. The van der Waals surface area contributed by atoms with Gasteiger partial charge in [0.15, 0.2) is 6.29 Å². The Morgan fingerprint density at radius 1 is 1.11 bits per heavy atom. The number of amides is 3. The molecule has 3 rings (SSSR count). The van der Waals surface area contributed by atoms with Crippen LogP contribution < -0.4 is 9.61 Å². The highest BCUT2D eigenvalue weighted by atomic mass is 31.2. The highest BCUT2D eigenvalue weighted by molar-refractivity contribution is 7.51. The van der Waals surface area contributed by atoms with Gasteiger partial charge in [0.2, 0.25) is 5.91 Å². The van der Waals surface area contributed by atoms with E-state index in [1.165, 1.54) is 17.1 Å². The van der Waals surface area contributed by atoms with Crippen LogP contribution in [0, 0.1) is 6.92 Å². The van der Waals surface area contributed by atoms with E-state index in [0.29, 0.717) is 44.8 Å². The maximum atomic E-state index is 12.2. The largest absolute Gasteiger partial charge is 0.427 e. The van der Waals surface area contributed by atoms with Crippen molar-refractivity contribution in [2.75, 3.05) is 26.4 Å². The molecule has 0 spiro atoms. The summed E-state index contributed by atoms with van der Waals surface area (Å²) in [5.41, 5.74) is 1.11. The average Bonchev–Trinajstić information content (AvgIpc) is 3.20. The average molecular weight is 540 g/mol. The second-order valence-corrected chi connectivity index (χ2v) is 10.4. The van der Waals surface area contributed by atoms with Gasteiger partial charge in [0, 0.05) is 31.7 Å². The molecule has 1 fully saturated rings. The Balaban J connectivity index is 1.31. The molecule has 3 atom stereocenters. The zero-order valence-corrected chi connectivity index (χ0v) is 22.4. The van der Waals surface area contributed by atoms with Gasteiger partial charge in [-0.15, -0.1) is 0 Å². The van der Waals surface area contributed by atoms with Gasteiger partial charge >= 0.3 is 8.60 Å². The Bertz CT molecular complexity index is 859. The molecule has 0 bridgehead atoms. The molecule has 1 aromatic carbocycles. The van der Waals surface area contributed by atoms with Crippen molar-refractivity contribution in [2.24, 2.45) is 0 Å². The first-order chi connectivity index (χ1) is 17.5. The maximum absolute atomic E-state index is 12.2. The summed E-state index contributed by atoms with van der Waals surface area (Å²) in [6, 6.07) is 7.54. The quantitative estimate of drug-likeness (QED) is 0.188. The Labute approximate surface area is 214 Å². The van der Waals surface area contributed by atoms with E-state index in [2.05, 4.69) is 5.09 Å². The molecule has 3 unspecified atom stereocenters. The Hall–Kier alpha value is -1.93. The number of imide groups is 1. The molecular formula is C24H34N2O8P2. The van der Waals surface area contributed by atoms with Crippen LogP contribution in [0.4, 0.5) is 0 Å². The number of benzene rings is 1. The smallest absolute Gasteiger partial charge is 0.402 e. The first-order valence-electron chi connectivity index (χ1n) is 12.2. The van der Waals surface area contributed by atoms with Crippen LogP contribution in [0.5, 0.6) is 5.75 Å². The van der Waals surface area contributed by atoms with E-state index < -0.39 is 8.60 Å². The number of nitrogens with one attached hydrogen (secondary N) is 1. The summed E-state index contributed by atoms with van der Waals surface area (Å²) in [6.45, 7) is 3.70. The van der Waals surface area contributed by atoms with Crippen molar-refractivity contribution in [1.29, 1.82) is 0 Å². The van der Waals surface area contributed by atoms with Crippen molar-refractivity contribution < 1.29 is 37.2 Å². The van der Waals surface area contributed by atoms with Gasteiger partial charge in [0.1, 0.15) is 14.7 Å². The Morgan fingerprint density at radius 2 is 1.89 bits per heavy atom. The van der Waals surface area contributed by atoms with E-state index in [9.17, 15) is 14.4 Å². The fourth-order valence-corrected chi connectivity index (χ4v) is 5.10. The molecule has 0 saturated carbocycles. The predicted molar refractivity (Wildman–Crippen MR) is 136 cm³/mol. The minimum atomic E-state index is -1.74. The topological polar surface area (TPSA) is 113 Å². The number of nitrogens with zero attached hydrogens (tertiary/aromatic N) is 1. The van der Waals surface area contributed by atoms with E-state index in [1.54, 1.807) is 0 Å². The zero-order chi connectivity index (χ0) is 25.6. The van der Waals surface area contributed by atoms with Gasteiger partial charge in [-0.2, -0.15) is 0 Å². The molecule has 198 valence electrons. The molecule has 1 N–H and O–H groups in total. The van der Waals surface area contributed by atoms with Crippen molar-refractivity contribution in [3.05, 3.63) is 42.0 Å². The molecule has 3 amide bonds. The third-order valence-corrected chi connectivity index (χ3v) is 7.51. The molecule has 2 heterocycles. The van der Waals surface area contributed by atoms with Crippen molar-refractivity contribution in [3.63, 3.8) is 0 Å². The summed E-state index contributed by atoms with van der Waals surface area (Å²) in [4.78, 5) is 36.4. The standard InChI is InChI=1S/C24H34N2O8P2/c1-19-9-11-20(12-10-19)33-36(32-18-17-31-24-8-4-6-16-30-24)34-35-25-21(27)7-3-2-5-15-26-22(28)13-14-23(26)29/h9-14,24,35H,2-8,15-18H2,1H3,(H,25,27). The van der Waals surface area contributed by atoms with E-state index in [4.69, 9.17) is 22.8 Å². The summed E-state index contributed by atoms with van der Waals surface area (Å²) < 4.78 is 28.5. The summed E-state index contributed by atoms with van der Waals surface area (Å²) in [6.07, 6.45) is 7.74. The SMILES string of the molecule is Cc1ccc(OP(OCCOC2CCCCO2)OPNC(=O)CCCCCN2C(=O)C=CC2=O)cc1. The zero-order valence-electron chi connectivity index (χ0n) is 20.5. The molecule has 0 aliphatic carbocycles. The molecule has 2 aliphatic rings. The van der Waals surface area contributed by atoms with Gasteiger partial charge in [-0.25, -0.2) is 0 Å². The predicted octanol–water partition coefficient (Wildman–Crippen LogP) is 4.29. The minimum Gasteiger partial charge on any atom is -0.427 e. The van der Waals surface area contributed by atoms with Crippen LogP contribution in [0.1, 0.15) is 50.5 Å². The lowest BCUT2D eigenvalue weighted by atomic mass is 10.2. The third kappa shape index (κ3) is 10.6. The summed E-state index contributed by atoms with van der Waals surface area (Å²) in [5, 5.41) is 2.74. The number of carbonyl (C=O) groups excluding carboxylic acids is 3. The molecular weight excluding hydrogens is 506 g/mol. The number of unbranched alkanes of at least 4 members (excludes halogenated alkanes) is 2. The molecule has 1 aromatic rings. The first-order valence-corrected chi connectivity index (χ1v) is 14.2. The van der Waals surface area contributed by atoms with Gasteiger partial charge in [-0.1, -0.05) is 24.1 Å². The van der Waals surface area contributed by atoms with Gasteiger partial charge in [0.05, 0.1) is 13.2 Å². The Kier molecular flexibility index (Phi) is 12.7. The second kappa shape index (κ2) is 16.0. The van der Waals surface area contributed by atoms with Crippen LogP contribution in [-0.4, -0.2) is 55.3 Å². The van der Waals surface area contributed by atoms with Crippen molar-refractivity contribution in [2.45, 2.75) is 58.2 Å². The van der Waals surface area contributed by atoms with Gasteiger partial charge < -0.3 is 19.1 Å². The monoisotopic (exact) mass is 540 g/mol. The normalized spacial score (nSPS) is 18.8. The van der Waals surface area contributed by atoms with Crippen molar-refractivity contribution in [1.82, 2.24) is 9.99 Å². The fraction of sp³-hybridized carbons (Fsp3) is 0.542. The first kappa shape index (κ1) is 28.6. The molecule has 2 aliphatic heterocycles. The third-order valence-electron chi connectivity index (χ3n) is 5.42. The molecule has 0 radical (unpaired) electrons. The van der Waals surface area contributed by atoms with Gasteiger partial charge in [-0.3, -0.25) is 28.1 Å².